The minimum atomic E-state index is -1.01. The number of hydrogen-bond acceptors (Lipinski definition) is 6. The normalized spacial score (nSPS) is 15.5. The molecule has 0 saturated carbocycles. The molecule has 1 N–H and O–H groups in total. The van der Waals surface area contributed by atoms with Crippen LogP contribution in [-0.2, 0) is 5.41 Å². The van der Waals surface area contributed by atoms with Crippen LogP contribution in [0.4, 0.5) is 5.82 Å². The minimum Gasteiger partial charge on any atom is -0.478 e. The molecule has 0 aliphatic carbocycles. The Morgan fingerprint density at radius 2 is 1.77 bits per heavy atom. The molecule has 1 aliphatic heterocycles. The van der Waals surface area contributed by atoms with Crippen LogP contribution in [0.2, 0.25) is 5.02 Å². The molecule has 4 aromatic rings. The van der Waals surface area contributed by atoms with Crippen LogP contribution in [0.15, 0.2) is 59.1 Å². The van der Waals surface area contributed by atoms with Gasteiger partial charge in [-0.3, -0.25) is 4.79 Å². The van der Waals surface area contributed by atoms with Gasteiger partial charge in [-0.2, -0.15) is 0 Å². The van der Waals surface area contributed by atoms with Crippen molar-refractivity contribution in [2.75, 3.05) is 24.5 Å². The zero-order chi connectivity index (χ0) is 28.1. The lowest BCUT2D eigenvalue weighted by atomic mass is 9.86. The third-order valence-electron chi connectivity index (χ3n) is 7.10. The molecule has 0 atom stereocenters. The number of carbonyl (C=O) groups is 2. The monoisotopic (exact) mass is 546 g/mol. The number of amides is 1. The summed E-state index contributed by atoms with van der Waals surface area (Å²) in [6, 6.07) is 14.5. The number of aromatic carboxylic acids is 1. The fourth-order valence-electron chi connectivity index (χ4n) is 5.01. The number of hydrogen-bond donors (Lipinski definition) is 1. The number of carboxylic acid groups (broad SMARTS) is 1. The lowest BCUT2D eigenvalue weighted by molar-refractivity contribution is 0.0483. The summed E-state index contributed by atoms with van der Waals surface area (Å²) in [5, 5.41) is 9.81. The van der Waals surface area contributed by atoms with Gasteiger partial charge in [0.15, 0.2) is 11.3 Å². The van der Waals surface area contributed by atoms with Crippen molar-refractivity contribution in [1.82, 2.24) is 14.9 Å². The van der Waals surface area contributed by atoms with Crippen molar-refractivity contribution in [3.8, 4) is 11.3 Å². The number of piperazine rings is 1. The van der Waals surface area contributed by atoms with E-state index in [4.69, 9.17) is 26.1 Å². The van der Waals surface area contributed by atoms with E-state index in [0.717, 1.165) is 16.8 Å². The molecule has 9 heteroatoms. The van der Waals surface area contributed by atoms with E-state index < -0.39 is 11.5 Å². The van der Waals surface area contributed by atoms with Crippen LogP contribution in [0.1, 0.15) is 61.1 Å². The highest BCUT2D eigenvalue weighted by Gasteiger charge is 2.39. The van der Waals surface area contributed by atoms with E-state index in [9.17, 15) is 9.59 Å². The van der Waals surface area contributed by atoms with Crippen molar-refractivity contribution < 1.29 is 19.1 Å². The Kier molecular flexibility index (Phi) is 6.63. The van der Waals surface area contributed by atoms with E-state index >= 15 is 0 Å². The Bertz CT molecular complexity index is 1550. The third-order valence-corrected chi connectivity index (χ3v) is 7.36. The Morgan fingerprint density at radius 3 is 2.36 bits per heavy atom. The van der Waals surface area contributed by atoms with Gasteiger partial charge in [0.1, 0.15) is 11.3 Å². The third kappa shape index (κ3) is 5.21. The van der Waals surface area contributed by atoms with Crippen molar-refractivity contribution in [3.63, 3.8) is 0 Å². The number of carbonyl (C=O) groups excluding carboxylic acids is 1. The van der Waals surface area contributed by atoms with Crippen LogP contribution in [0.3, 0.4) is 0 Å². The Labute approximate surface area is 232 Å². The molecule has 5 rings (SSSR count). The van der Waals surface area contributed by atoms with Gasteiger partial charge in [0, 0.05) is 48.0 Å². The fraction of sp³-hybridized carbons (Fsp3) is 0.333. The Balaban J connectivity index is 1.45. The Morgan fingerprint density at radius 1 is 1.05 bits per heavy atom. The molecule has 1 fully saturated rings. The standard InChI is InChI=1S/C30H31ClN4O4/c1-29(2,3)21-14-22(18-6-9-20(31)10-7-18)33-23-15-24(39-26(21)23)27(36)35-13-12-34(17-30(35,4)5)25-11-8-19(16-32-25)28(37)38/h6-11,14-16H,12-13,17H2,1-5H3,(H,37,38). The summed E-state index contributed by atoms with van der Waals surface area (Å²) in [5.41, 5.74) is 3.31. The maximum Gasteiger partial charge on any atom is 0.337 e. The second kappa shape index (κ2) is 9.68. The average Bonchev–Trinajstić information content (AvgIpc) is 3.31. The SMILES string of the molecule is CC(C)(C)c1cc(-c2ccc(Cl)cc2)nc2cc(C(=O)N3CCN(c4ccc(C(=O)O)cn4)CC3(C)C)oc12. The molecular weight excluding hydrogens is 516 g/mol. The number of anilines is 1. The summed E-state index contributed by atoms with van der Waals surface area (Å²) in [6.45, 7) is 11.9. The summed E-state index contributed by atoms with van der Waals surface area (Å²) in [4.78, 5) is 38.0. The molecular formula is C30H31ClN4O4. The van der Waals surface area contributed by atoms with Gasteiger partial charge >= 0.3 is 5.97 Å². The van der Waals surface area contributed by atoms with Gasteiger partial charge in [0.05, 0.1) is 16.8 Å². The summed E-state index contributed by atoms with van der Waals surface area (Å²) < 4.78 is 6.23. The molecule has 39 heavy (non-hydrogen) atoms. The summed E-state index contributed by atoms with van der Waals surface area (Å²) in [5.74, 6) is -0.279. The molecule has 0 bridgehead atoms. The van der Waals surface area contributed by atoms with E-state index in [1.54, 1.807) is 18.2 Å². The first-order chi connectivity index (χ1) is 18.3. The number of halogens is 1. The number of furan rings is 1. The first-order valence-corrected chi connectivity index (χ1v) is 13.2. The lowest BCUT2D eigenvalue weighted by Gasteiger charge is -2.47. The fourth-order valence-corrected chi connectivity index (χ4v) is 5.14. The predicted octanol–water partition coefficient (Wildman–Crippen LogP) is 6.28. The van der Waals surface area contributed by atoms with Crippen molar-refractivity contribution >= 4 is 40.4 Å². The molecule has 0 unspecified atom stereocenters. The van der Waals surface area contributed by atoms with Gasteiger partial charge in [-0.15, -0.1) is 0 Å². The zero-order valence-corrected chi connectivity index (χ0v) is 23.4. The van der Waals surface area contributed by atoms with Gasteiger partial charge in [-0.25, -0.2) is 14.8 Å². The molecule has 3 aromatic heterocycles. The van der Waals surface area contributed by atoms with Crippen LogP contribution < -0.4 is 4.90 Å². The molecule has 1 amide bonds. The van der Waals surface area contributed by atoms with E-state index in [1.165, 1.54) is 6.20 Å². The smallest absolute Gasteiger partial charge is 0.337 e. The van der Waals surface area contributed by atoms with Crippen LogP contribution >= 0.6 is 11.6 Å². The van der Waals surface area contributed by atoms with Gasteiger partial charge in [0.25, 0.3) is 5.91 Å². The molecule has 1 aromatic carbocycles. The van der Waals surface area contributed by atoms with Crippen LogP contribution in [0.5, 0.6) is 0 Å². The number of fused-ring (bicyclic) bond motifs is 1. The summed E-state index contributed by atoms with van der Waals surface area (Å²) in [6.07, 6.45) is 1.36. The van der Waals surface area contributed by atoms with E-state index in [-0.39, 0.29) is 22.6 Å². The topological polar surface area (TPSA) is 99.8 Å². The molecule has 4 heterocycles. The van der Waals surface area contributed by atoms with Crippen LogP contribution in [-0.4, -0.2) is 57.0 Å². The molecule has 8 nitrogen and oxygen atoms in total. The van der Waals surface area contributed by atoms with Crippen molar-refractivity contribution in [1.29, 1.82) is 0 Å². The zero-order valence-electron chi connectivity index (χ0n) is 22.7. The number of rotatable bonds is 4. The lowest BCUT2D eigenvalue weighted by Crippen LogP contribution is -2.61. The number of aromatic nitrogens is 2. The quantitative estimate of drug-likeness (QED) is 0.321. The summed E-state index contributed by atoms with van der Waals surface area (Å²) >= 11 is 6.09. The van der Waals surface area contributed by atoms with E-state index in [0.29, 0.717) is 41.6 Å². The molecule has 1 aliphatic rings. The number of pyridine rings is 2. The molecule has 0 radical (unpaired) electrons. The predicted molar refractivity (Wildman–Crippen MR) is 152 cm³/mol. The highest BCUT2D eigenvalue weighted by atomic mass is 35.5. The minimum absolute atomic E-state index is 0.138. The average molecular weight is 547 g/mol. The first-order valence-electron chi connectivity index (χ1n) is 12.8. The van der Waals surface area contributed by atoms with Crippen molar-refractivity contribution in [2.24, 2.45) is 0 Å². The van der Waals surface area contributed by atoms with E-state index in [2.05, 4.69) is 30.7 Å². The number of benzene rings is 1. The second-order valence-corrected chi connectivity index (χ2v) is 12.0. The van der Waals surface area contributed by atoms with Gasteiger partial charge in [0.2, 0.25) is 0 Å². The second-order valence-electron chi connectivity index (χ2n) is 11.5. The Hall–Kier alpha value is -3.91. The first kappa shape index (κ1) is 26.7. The van der Waals surface area contributed by atoms with Crippen LogP contribution in [0.25, 0.3) is 22.4 Å². The molecule has 0 spiro atoms. The van der Waals surface area contributed by atoms with Crippen LogP contribution in [0, 0.1) is 0 Å². The molecule has 202 valence electrons. The number of nitrogens with zero attached hydrogens (tertiary/aromatic N) is 4. The van der Waals surface area contributed by atoms with Gasteiger partial charge < -0.3 is 19.3 Å². The highest BCUT2D eigenvalue weighted by molar-refractivity contribution is 6.30. The maximum atomic E-state index is 13.8. The number of carboxylic acids is 1. The maximum absolute atomic E-state index is 13.8. The largest absolute Gasteiger partial charge is 0.478 e. The molecule has 1 saturated heterocycles. The summed E-state index contributed by atoms with van der Waals surface area (Å²) in [7, 11) is 0. The highest BCUT2D eigenvalue weighted by Crippen LogP contribution is 2.36. The van der Waals surface area contributed by atoms with E-state index in [1.807, 2.05) is 49.1 Å². The van der Waals surface area contributed by atoms with Gasteiger partial charge in [-0.05, 0) is 49.6 Å². The van der Waals surface area contributed by atoms with Gasteiger partial charge in [-0.1, -0.05) is 44.5 Å². The van der Waals surface area contributed by atoms with Crippen molar-refractivity contribution in [3.05, 3.63) is 76.6 Å². The van der Waals surface area contributed by atoms with Crippen molar-refractivity contribution in [2.45, 2.75) is 45.6 Å².